The number of hydrogen-bond acceptors (Lipinski definition) is 2. The fourth-order valence-corrected chi connectivity index (χ4v) is 9.14. The maximum Gasteiger partial charge on any atom is 0.191 e. The largest absolute Gasteiger partial charge is 0.289 e. The molecule has 5 aromatic carbocycles. The molecule has 0 saturated carbocycles. The second-order valence-electron chi connectivity index (χ2n) is 9.71. The number of Topliss-reactive ketones (excluding diaryl/α,β-unsaturated/α-hetero) is 1. The third-order valence-corrected chi connectivity index (χ3v) is 11.0. The Morgan fingerprint density at radius 3 is 1.61 bits per heavy atom. The first-order chi connectivity index (χ1) is 18.7. The van der Waals surface area contributed by atoms with Crippen LogP contribution in [-0.2, 0) is 0 Å². The van der Waals surface area contributed by atoms with Gasteiger partial charge < -0.3 is 0 Å². The first-order valence-electron chi connectivity index (χ1n) is 13.3. The van der Waals surface area contributed by atoms with Crippen molar-refractivity contribution in [2.45, 2.75) is 26.2 Å². The van der Waals surface area contributed by atoms with Crippen molar-refractivity contribution in [3.05, 3.63) is 144 Å². The predicted molar refractivity (Wildman–Crippen MR) is 162 cm³/mol. The Morgan fingerprint density at radius 1 is 0.605 bits per heavy atom. The molecule has 0 radical (unpaired) electrons. The van der Waals surface area contributed by atoms with Crippen LogP contribution < -0.4 is 15.9 Å². The van der Waals surface area contributed by atoms with Crippen molar-refractivity contribution in [1.29, 1.82) is 0 Å². The highest BCUT2D eigenvalue weighted by Gasteiger charge is 2.32. The summed E-state index contributed by atoms with van der Waals surface area (Å²) in [5, 5.41) is 5.64. The summed E-state index contributed by atoms with van der Waals surface area (Å²) in [5.41, 5.74) is 3.56. The van der Waals surface area contributed by atoms with Gasteiger partial charge in [-0.3, -0.25) is 9.54 Å². The molecule has 0 aliphatic heterocycles. The van der Waals surface area contributed by atoms with Crippen LogP contribution in [0.1, 0.15) is 42.1 Å². The zero-order valence-electron chi connectivity index (χ0n) is 21.5. The highest BCUT2D eigenvalue weighted by molar-refractivity contribution is 7.87. The van der Waals surface area contributed by atoms with Gasteiger partial charge in [-0.2, -0.15) is 0 Å². The molecule has 186 valence electrons. The highest BCUT2D eigenvalue weighted by atomic mass is 31.2. The monoisotopic (exact) mass is 511 g/mol. The molecule has 0 N–H and O–H groups in total. The number of carbonyl (C=O) groups excluding carboxylic acids is 1. The summed E-state index contributed by atoms with van der Waals surface area (Å²) in [7, 11) is -2.52. The van der Waals surface area contributed by atoms with Crippen LogP contribution in [0.25, 0.3) is 16.5 Å². The van der Waals surface area contributed by atoms with Crippen molar-refractivity contribution in [3.8, 4) is 0 Å². The van der Waals surface area contributed by atoms with Gasteiger partial charge in [-0.1, -0.05) is 141 Å². The zero-order chi connectivity index (χ0) is 26.0. The van der Waals surface area contributed by atoms with Gasteiger partial charge in [0.1, 0.15) is 0 Å². The summed E-state index contributed by atoms with van der Waals surface area (Å²) >= 11 is 0. The molecular weight excluding hydrogens is 481 g/mol. The van der Waals surface area contributed by atoms with Crippen molar-refractivity contribution in [1.82, 2.24) is 0 Å². The smallest absolute Gasteiger partial charge is 0.191 e. The molecule has 0 aromatic heterocycles. The normalized spacial score (nSPS) is 13.1. The Labute approximate surface area is 224 Å². The minimum absolute atomic E-state index is 0.119. The van der Waals surface area contributed by atoms with Gasteiger partial charge in [-0.15, -0.1) is 0 Å². The number of rotatable bonds is 7. The molecule has 2 nitrogen and oxygen atoms in total. The van der Waals surface area contributed by atoms with Gasteiger partial charge in [0.15, 0.2) is 5.78 Å². The van der Waals surface area contributed by atoms with E-state index >= 15 is 0 Å². The highest BCUT2D eigenvalue weighted by Crippen LogP contribution is 2.51. The molecule has 0 unspecified atom stereocenters. The van der Waals surface area contributed by atoms with Crippen LogP contribution in [0, 0.1) is 0 Å². The topological polar surface area (TPSA) is 29.4 Å². The number of benzene rings is 5. The van der Waals surface area contributed by atoms with Crippen molar-refractivity contribution < 1.29 is 4.79 Å². The second kappa shape index (κ2) is 10.4. The van der Waals surface area contributed by atoms with Crippen LogP contribution in [0.15, 0.2) is 138 Å². The molecule has 1 aliphatic rings. The first kappa shape index (κ1) is 24.3. The molecule has 0 fully saturated rings. The van der Waals surface area contributed by atoms with E-state index in [0.717, 1.165) is 52.4 Å². The molecule has 3 heteroatoms. The minimum Gasteiger partial charge on any atom is -0.289 e. The van der Waals surface area contributed by atoms with Crippen LogP contribution in [0.5, 0.6) is 0 Å². The van der Waals surface area contributed by atoms with Gasteiger partial charge >= 0.3 is 0 Å². The second-order valence-corrected chi connectivity index (χ2v) is 12.7. The maximum absolute atomic E-state index is 14.1. The fraction of sp³-hybridized carbons (Fsp3) is 0.114. The van der Waals surface area contributed by atoms with Crippen LogP contribution in [0.3, 0.4) is 0 Å². The summed E-state index contributed by atoms with van der Waals surface area (Å²) < 4.78 is 5.86. The quantitative estimate of drug-likeness (QED) is 0.203. The van der Waals surface area contributed by atoms with Crippen molar-refractivity contribution in [2.75, 3.05) is 0 Å². The van der Waals surface area contributed by atoms with Crippen LogP contribution in [0.4, 0.5) is 0 Å². The van der Waals surface area contributed by atoms with E-state index in [1.807, 2.05) is 12.1 Å². The number of hydrogen-bond donors (Lipinski definition) is 0. The Balaban J connectivity index is 1.79. The Hall–Kier alpha value is -4.00. The Bertz CT molecular complexity index is 1590. The van der Waals surface area contributed by atoms with Gasteiger partial charge in [0.2, 0.25) is 0 Å². The lowest BCUT2D eigenvalue weighted by Gasteiger charge is -2.29. The summed E-state index contributed by atoms with van der Waals surface area (Å²) in [6.07, 6.45) is 2.69. The standard InChI is InChI=1S/C35H30NOP/c1-2-3-23-32-34(30-24-13-15-26-16-14-25-31(33(26)30)35(32)37)36-38(27-17-7-4-8-18-27,28-19-9-5-10-20-28)29-21-11-6-12-22-29/h4-22,24-25H,2-3,23H2,1H3. The Kier molecular flexibility index (Phi) is 6.66. The number of carbonyl (C=O) groups is 1. The third kappa shape index (κ3) is 4.06. The lowest BCUT2D eigenvalue weighted by Crippen LogP contribution is -2.26. The van der Waals surface area contributed by atoms with Gasteiger partial charge in [0.05, 0.1) is 12.8 Å². The molecule has 0 amide bonds. The molecule has 0 bridgehead atoms. The molecule has 0 heterocycles. The number of allylic oxidation sites excluding steroid dienone is 1. The van der Waals surface area contributed by atoms with Gasteiger partial charge in [0.25, 0.3) is 0 Å². The summed E-state index contributed by atoms with van der Waals surface area (Å²) in [6, 6.07) is 44.3. The van der Waals surface area contributed by atoms with Gasteiger partial charge in [0, 0.05) is 38.0 Å². The molecule has 0 atom stereocenters. The molecule has 6 rings (SSSR count). The lowest BCUT2D eigenvalue weighted by molar-refractivity contribution is 0.103. The third-order valence-electron chi connectivity index (χ3n) is 7.38. The van der Waals surface area contributed by atoms with E-state index in [0.29, 0.717) is 0 Å². The van der Waals surface area contributed by atoms with Crippen molar-refractivity contribution in [2.24, 2.45) is 4.74 Å². The molecule has 5 aromatic rings. The van der Waals surface area contributed by atoms with E-state index in [1.165, 1.54) is 15.9 Å². The molecule has 0 spiro atoms. The SMILES string of the molecule is CCCCC1=C(N=P(c2ccccc2)(c2ccccc2)c2ccccc2)c2cccc3cccc(c23)C1=O. The van der Waals surface area contributed by atoms with Gasteiger partial charge in [-0.25, -0.2) is 0 Å². The van der Waals surface area contributed by atoms with Crippen LogP contribution >= 0.6 is 7.05 Å². The molecule has 0 saturated heterocycles. The van der Waals surface area contributed by atoms with Crippen LogP contribution in [-0.4, -0.2) is 5.78 Å². The number of unbranched alkanes of at least 4 members (excludes halogenated alkanes) is 1. The van der Waals surface area contributed by atoms with E-state index in [2.05, 4.69) is 122 Å². The van der Waals surface area contributed by atoms with Crippen molar-refractivity contribution >= 4 is 45.2 Å². The van der Waals surface area contributed by atoms with Gasteiger partial charge in [-0.05, 0) is 18.2 Å². The average Bonchev–Trinajstić information content (AvgIpc) is 2.99. The summed E-state index contributed by atoms with van der Waals surface area (Å²) in [4.78, 5) is 14.1. The van der Waals surface area contributed by atoms with E-state index < -0.39 is 7.05 Å². The minimum atomic E-state index is -2.52. The maximum atomic E-state index is 14.1. The summed E-state index contributed by atoms with van der Waals surface area (Å²) in [5.74, 6) is 0.119. The molecule has 1 aliphatic carbocycles. The molecule has 38 heavy (non-hydrogen) atoms. The van der Waals surface area contributed by atoms with E-state index in [1.54, 1.807) is 0 Å². The van der Waals surface area contributed by atoms with E-state index in [9.17, 15) is 4.79 Å². The molecular formula is C35H30NOP. The number of nitrogens with zero attached hydrogens (tertiary/aromatic N) is 1. The van der Waals surface area contributed by atoms with Crippen molar-refractivity contribution in [3.63, 3.8) is 0 Å². The number of ketones is 1. The zero-order valence-corrected chi connectivity index (χ0v) is 22.4. The fourth-order valence-electron chi connectivity index (χ4n) is 5.56. The van der Waals surface area contributed by atoms with E-state index in [4.69, 9.17) is 4.74 Å². The first-order valence-corrected chi connectivity index (χ1v) is 15.1. The average molecular weight is 512 g/mol. The predicted octanol–water partition coefficient (Wildman–Crippen LogP) is 8.12. The lowest BCUT2D eigenvalue weighted by atomic mass is 9.84. The summed E-state index contributed by atoms with van der Waals surface area (Å²) in [6.45, 7) is 2.18. The Morgan fingerprint density at radius 2 is 1.11 bits per heavy atom. The van der Waals surface area contributed by atoms with E-state index in [-0.39, 0.29) is 5.78 Å². The van der Waals surface area contributed by atoms with Crippen LogP contribution in [0.2, 0.25) is 0 Å².